The molecule has 4 aromatic rings. The Hall–Kier alpha value is -4.32. The van der Waals surface area contributed by atoms with E-state index in [0.29, 0.717) is 17.1 Å². The molecule has 0 atom stereocenters. The van der Waals surface area contributed by atoms with Gasteiger partial charge in [-0.2, -0.15) is 0 Å². The number of hydrogen-bond acceptors (Lipinski definition) is 5. The third-order valence-corrected chi connectivity index (χ3v) is 5.32. The number of nitrogens with zero attached hydrogens (tertiary/aromatic N) is 3. The highest BCUT2D eigenvalue weighted by atomic mass is 14.9. The average Bonchev–Trinajstić information content (AvgIpc) is 3.25. The molecule has 4 rings (SSSR count). The minimum Gasteiger partial charge on any atom is -0.398 e. The lowest BCUT2D eigenvalue weighted by Gasteiger charge is -2.12. The molecule has 0 bridgehead atoms. The van der Waals surface area contributed by atoms with Crippen LogP contribution in [0.25, 0.3) is 27.7 Å². The highest BCUT2D eigenvalue weighted by Gasteiger charge is 2.17. The van der Waals surface area contributed by atoms with Crippen LogP contribution in [0.3, 0.4) is 0 Å². The van der Waals surface area contributed by atoms with Gasteiger partial charge in [-0.25, -0.2) is 4.98 Å². The molecule has 6 nitrogen and oxygen atoms in total. The second kappa shape index (κ2) is 8.81. The molecule has 4 N–H and O–H groups in total. The van der Waals surface area contributed by atoms with Crippen molar-refractivity contribution < 1.29 is 0 Å². The van der Waals surface area contributed by atoms with Crippen LogP contribution >= 0.6 is 0 Å². The van der Waals surface area contributed by atoms with Gasteiger partial charge in [0.25, 0.3) is 0 Å². The molecule has 158 valence electrons. The van der Waals surface area contributed by atoms with Gasteiger partial charge in [0.1, 0.15) is 11.2 Å². The average molecular weight is 421 g/mol. The second-order valence-electron chi connectivity index (χ2n) is 7.38. The Balaban J connectivity index is 1.78. The number of fused-ring (bicyclic) bond motifs is 1. The van der Waals surface area contributed by atoms with Gasteiger partial charge in [0.15, 0.2) is 5.82 Å². The first-order chi connectivity index (χ1) is 15.5. The van der Waals surface area contributed by atoms with Gasteiger partial charge in [-0.05, 0) is 48.8 Å². The lowest BCUT2D eigenvalue weighted by molar-refractivity contribution is 1.26. The van der Waals surface area contributed by atoms with E-state index < -0.39 is 0 Å². The fraction of sp³-hybridized carbons (Fsp3) is 0.0769. The van der Waals surface area contributed by atoms with Crippen molar-refractivity contribution in [3.05, 3.63) is 102 Å². The zero-order valence-electron chi connectivity index (χ0n) is 18.1. The third-order valence-electron chi connectivity index (χ3n) is 5.32. The summed E-state index contributed by atoms with van der Waals surface area (Å²) in [5.41, 5.74) is 14.0. The van der Waals surface area contributed by atoms with Gasteiger partial charge >= 0.3 is 0 Å². The number of nitrogens with one attached hydrogen (secondary N) is 2. The van der Waals surface area contributed by atoms with E-state index in [4.69, 9.17) is 16.1 Å². The first-order valence-corrected chi connectivity index (χ1v) is 10.2. The van der Waals surface area contributed by atoms with Crippen molar-refractivity contribution in [2.24, 2.45) is 0 Å². The number of aromatic nitrogens is 4. The molecule has 0 aliphatic rings. The van der Waals surface area contributed by atoms with E-state index in [0.717, 1.165) is 38.9 Å². The third kappa shape index (κ3) is 3.86. The van der Waals surface area contributed by atoms with Crippen molar-refractivity contribution >= 4 is 28.0 Å². The van der Waals surface area contributed by atoms with E-state index in [1.54, 1.807) is 30.9 Å². The summed E-state index contributed by atoms with van der Waals surface area (Å²) >= 11 is 0. The van der Waals surface area contributed by atoms with Gasteiger partial charge in [0.2, 0.25) is 0 Å². The number of aromatic amines is 1. The molecule has 1 aromatic carbocycles. The van der Waals surface area contributed by atoms with Crippen molar-refractivity contribution in [2.75, 3.05) is 5.73 Å². The molecule has 0 unspecified atom stereocenters. The summed E-state index contributed by atoms with van der Waals surface area (Å²) in [5, 5.41) is 8.85. The molecule has 0 aliphatic heterocycles. The van der Waals surface area contributed by atoms with Crippen LogP contribution in [0.2, 0.25) is 0 Å². The molecule has 0 spiro atoms. The zero-order valence-corrected chi connectivity index (χ0v) is 18.1. The number of benzene rings is 1. The zero-order chi connectivity index (χ0) is 22.7. The number of nitrogen functional groups attached to an aromatic ring is 1. The van der Waals surface area contributed by atoms with Gasteiger partial charge in [-0.1, -0.05) is 36.9 Å². The first-order valence-electron chi connectivity index (χ1n) is 10.2. The molecule has 3 heterocycles. The normalized spacial score (nSPS) is 12.2. The Morgan fingerprint density at radius 2 is 2.00 bits per heavy atom. The van der Waals surface area contributed by atoms with E-state index in [9.17, 15) is 0 Å². The van der Waals surface area contributed by atoms with Gasteiger partial charge in [0.05, 0.1) is 11.7 Å². The number of rotatable bonds is 6. The highest BCUT2D eigenvalue weighted by Crippen LogP contribution is 2.29. The fourth-order valence-electron chi connectivity index (χ4n) is 3.74. The van der Waals surface area contributed by atoms with Crippen LogP contribution in [0.5, 0.6) is 0 Å². The van der Waals surface area contributed by atoms with Crippen LogP contribution in [0.4, 0.5) is 5.69 Å². The van der Waals surface area contributed by atoms with Crippen molar-refractivity contribution in [1.82, 2.24) is 19.9 Å². The standard InChI is InChI=1S/C26H24N6/c1-4-7-16(3)19(5-2)17-9-10-22(27)20(12-17)24(28)26-31-23-15-30-14-21(25(23)32-26)18-8-6-11-29-13-18/h4-15,28H,1,27H2,2-3H3,(H,31,32)/b16-7-,19-5+,28-24?. The predicted molar refractivity (Wildman–Crippen MR) is 132 cm³/mol. The van der Waals surface area contributed by atoms with Crippen LogP contribution in [0.15, 0.2) is 85.5 Å². The molecule has 0 amide bonds. The van der Waals surface area contributed by atoms with Crippen molar-refractivity contribution in [3.8, 4) is 11.1 Å². The molecular weight excluding hydrogens is 396 g/mol. The number of pyridine rings is 2. The molecule has 0 saturated heterocycles. The summed E-state index contributed by atoms with van der Waals surface area (Å²) in [6, 6.07) is 9.56. The molecule has 0 aliphatic carbocycles. The lowest BCUT2D eigenvalue weighted by atomic mass is 9.94. The maximum atomic E-state index is 8.85. The fourth-order valence-corrected chi connectivity index (χ4v) is 3.74. The Morgan fingerprint density at radius 3 is 2.72 bits per heavy atom. The second-order valence-corrected chi connectivity index (χ2v) is 7.38. The Kier molecular flexibility index (Phi) is 5.77. The molecule has 0 fully saturated rings. The largest absolute Gasteiger partial charge is 0.398 e. The molecule has 0 radical (unpaired) electrons. The van der Waals surface area contributed by atoms with Gasteiger partial charge in [0, 0.05) is 41.0 Å². The number of H-pyrrole nitrogens is 1. The summed E-state index contributed by atoms with van der Waals surface area (Å²) in [5.74, 6) is 0.433. The van der Waals surface area contributed by atoms with Crippen LogP contribution in [-0.2, 0) is 0 Å². The van der Waals surface area contributed by atoms with Crippen LogP contribution in [0.1, 0.15) is 30.8 Å². The maximum absolute atomic E-state index is 8.85. The summed E-state index contributed by atoms with van der Waals surface area (Å²) in [6.45, 7) is 7.80. The van der Waals surface area contributed by atoms with Gasteiger partial charge in [-0.3, -0.25) is 15.4 Å². The minimum atomic E-state index is 0.221. The number of imidazole rings is 1. The molecule has 32 heavy (non-hydrogen) atoms. The summed E-state index contributed by atoms with van der Waals surface area (Å²) < 4.78 is 0. The molecule has 0 saturated carbocycles. The van der Waals surface area contributed by atoms with Crippen molar-refractivity contribution in [3.63, 3.8) is 0 Å². The first kappa shape index (κ1) is 20.9. The Labute approximate surface area is 186 Å². The summed E-state index contributed by atoms with van der Waals surface area (Å²) in [4.78, 5) is 16.5. The van der Waals surface area contributed by atoms with E-state index in [1.807, 2.05) is 56.3 Å². The Bertz CT molecular complexity index is 1380. The highest BCUT2D eigenvalue weighted by molar-refractivity contribution is 6.13. The summed E-state index contributed by atoms with van der Waals surface area (Å²) in [6.07, 6.45) is 12.7. The minimum absolute atomic E-state index is 0.221. The summed E-state index contributed by atoms with van der Waals surface area (Å²) in [7, 11) is 0. The Morgan fingerprint density at radius 1 is 1.16 bits per heavy atom. The number of nitrogens with two attached hydrogens (primary N) is 1. The van der Waals surface area contributed by atoms with Gasteiger partial charge < -0.3 is 10.7 Å². The van der Waals surface area contributed by atoms with E-state index >= 15 is 0 Å². The van der Waals surface area contributed by atoms with E-state index in [-0.39, 0.29) is 5.71 Å². The van der Waals surface area contributed by atoms with Crippen LogP contribution in [0, 0.1) is 5.41 Å². The van der Waals surface area contributed by atoms with Crippen LogP contribution in [-0.4, -0.2) is 25.6 Å². The predicted octanol–water partition coefficient (Wildman–Crippen LogP) is 5.55. The van der Waals surface area contributed by atoms with E-state index in [1.165, 1.54) is 0 Å². The molecule has 3 aromatic heterocycles. The number of allylic oxidation sites excluding steroid dienone is 5. The smallest absolute Gasteiger partial charge is 0.157 e. The number of hydrogen-bond donors (Lipinski definition) is 3. The lowest BCUT2D eigenvalue weighted by Crippen LogP contribution is -2.08. The molecule has 6 heteroatoms. The molecular formula is C26H24N6. The SMILES string of the molecule is C=C/C=C(C)\C(=C/C)c1ccc(N)c(C(=N)c2nc3c(-c4cccnc4)cncc3[nH]2)c1. The monoisotopic (exact) mass is 420 g/mol. The van der Waals surface area contributed by atoms with Crippen molar-refractivity contribution in [1.29, 1.82) is 5.41 Å². The topological polar surface area (TPSA) is 104 Å². The number of anilines is 1. The quantitative estimate of drug-likeness (QED) is 0.216. The van der Waals surface area contributed by atoms with Gasteiger partial charge in [-0.15, -0.1) is 0 Å². The van der Waals surface area contributed by atoms with E-state index in [2.05, 4.69) is 21.5 Å². The van der Waals surface area contributed by atoms with Crippen LogP contribution < -0.4 is 5.73 Å². The maximum Gasteiger partial charge on any atom is 0.157 e. The van der Waals surface area contributed by atoms with Crippen molar-refractivity contribution in [2.45, 2.75) is 13.8 Å².